The summed E-state index contributed by atoms with van der Waals surface area (Å²) >= 11 is 6.34. The van der Waals surface area contributed by atoms with E-state index in [0.717, 1.165) is 10.5 Å². The molecular formula is C25H21ClN2O3. The first-order valence-corrected chi connectivity index (χ1v) is 10.4. The quantitative estimate of drug-likeness (QED) is 0.552. The molecule has 1 atom stereocenters. The van der Waals surface area contributed by atoms with Gasteiger partial charge in [-0.25, -0.2) is 4.90 Å². The SMILES string of the molecule is Cc1ccc(C(=O)N(Cc2ccccc2Cl)C2CC(=O)N(c3ccccc3)C2=O)cc1. The number of imide groups is 1. The minimum absolute atomic E-state index is 0.0736. The summed E-state index contributed by atoms with van der Waals surface area (Å²) in [4.78, 5) is 42.1. The van der Waals surface area contributed by atoms with Crippen LogP contribution in [0.25, 0.3) is 0 Å². The van der Waals surface area contributed by atoms with Crippen molar-refractivity contribution in [3.63, 3.8) is 0 Å². The third-order valence-corrected chi connectivity index (χ3v) is 5.74. The first kappa shape index (κ1) is 20.8. The van der Waals surface area contributed by atoms with E-state index in [-0.39, 0.29) is 24.8 Å². The highest BCUT2D eigenvalue weighted by Crippen LogP contribution is 2.29. The van der Waals surface area contributed by atoms with Crippen molar-refractivity contribution < 1.29 is 14.4 Å². The van der Waals surface area contributed by atoms with Crippen LogP contribution in [-0.4, -0.2) is 28.7 Å². The van der Waals surface area contributed by atoms with Gasteiger partial charge in [0.05, 0.1) is 12.1 Å². The first-order chi connectivity index (χ1) is 15.0. The van der Waals surface area contributed by atoms with Gasteiger partial charge in [0.25, 0.3) is 11.8 Å². The lowest BCUT2D eigenvalue weighted by Gasteiger charge is -2.28. The number of benzene rings is 3. The monoisotopic (exact) mass is 432 g/mol. The van der Waals surface area contributed by atoms with Crippen LogP contribution in [0.1, 0.15) is 27.9 Å². The molecule has 0 N–H and O–H groups in total. The van der Waals surface area contributed by atoms with E-state index in [1.165, 1.54) is 4.90 Å². The molecule has 1 fully saturated rings. The van der Waals surface area contributed by atoms with Gasteiger partial charge in [-0.15, -0.1) is 0 Å². The van der Waals surface area contributed by atoms with Crippen LogP contribution in [0.5, 0.6) is 0 Å². The molecule has 0 aliphatic carbocycles. The first-order valence-electron chi connectivity index (χ1n) is 9.98. The molecule has 3 aromatic rings. The van der Waals surface area contributed by atoms with Gasteiger partial charge in [0.2, 0.25) is 5.91 Å². The molecule has 31 heavy (non-hydrogen) atoms. The number of carbonyl (C=O) groups is 3. The van der Waals surface area contributed by atoms with Gasteiger partial charge in [0.1, 0.15) is 6.04 Å². The second kappa shape index (κ2) is 8.74. The molecule has 0 radical (unpaired) electrons. The van der Waals surface area contributed by atoms with Crippen molar-refractivity contribution in [1.82, 2.24) is 4.90 Å². The van der Waals surface area contributed by atoms with Crippen LogP contribution in [0.3, 0.4) is 0 Å². The van der Waals surface area contributed by atoms with E-state index in [9.17, 15) is 14.4 Å². The lowest BCUT2D eigenvalue weighted by atomic mass is 10.1. The Bertz CT molecular complexity index is 1130. The summed E-state index contributed by atoms with van der Waals surface area (Å²) in [7, 11) is 0. The normalized spacial score (nSPS) is 15.9. The number of rotatable bonds is 5. The third kappa shape index (κ3) is 4.23. The maximum Gasteiger partial charge on any atom is 0.257 e. The van der Waals surface area contributed by atoms with E-state index >= 15 is 0 Å². The number of amides is 3. The molecule has 0 aromatic heterocycles. The van der Waals surface area contributed by atoms with Crippen molar-refractivity contribution in [1.29, 1.82) is 0 Å². The molecule has 0 saturated carbocycles. The summed E-state index contributed by atoms with van der Waals surface area (Å²) < 4.78 is 0. The van der Waals surface area contributed by atoms with Crippen molar-refractivity contribution in [2.75, 3.05) is 4.90 Å². The number of para-hydroxylation sites is 1. The zero-order chi connectivity index (χ0) is 22.0. The van der Waals surface area contributed by atoms with Crippen LogP contribution < -0.4 is 4.90 Å². The highest BCUT2D eigenvalue weighted by atomic mass is 35.5. The lowest BCUT2D eigenvalue weighted by molar-refractivity contribution is -0.122. The van der Waals surface area contributed by atoms with E-state index in [0.29, 0.717) is 21.8 Å². The van der Waals surface area contributed by atoms with Gasteiger partial charge in [-0.05, 0) is 42.8 Å². The van der Waals surface area contributed by atoms with Crippen LogP contribution >= 0.6 is 11.6 Å². The second-order valence-corrected chi connectivity index (χ2v) is 7.92. The number of carbonyl (C=O) groups excluding carboxylic acids is 3. The number of halogens is 1. The van der Waals surface area contributed by atoms with E-state index in [4.69, 9.17) is 11.6 Å². The molecule has 5 nitrogen and oxygen atoms in total. The van der Waals surface area contributed by atoms with E-state index < -0.39 is 11.9 Å². The highest BCUT2D eigenvalue weighted by molar-refractivity contribution is 6.31. The van der Waals surface area contributed by atoms with E-state index in [1.54, 1.807) is 48.5 Å². The third-order valence-electron chi connectivity index (χ3n) is 5.37. The highest BCUT2D eigenvalue weighted by Gasteiger charge is 2.44. The Morgan fingerprint density at radius 3 is 2.29 bits per heavy atom. The van der Waals surface area contributed by atoms with Crippen LogP contribution in [0.15, 0.2) is 78.9 Å². The van der Waals surface area contributed by atoms with Crippen LogP contribution in [-0.2, 0) is 16.1 Å². The van der Waals surface area contributed by atoms with Crippen molar-refractivity contribution >= 4 is 35.0 Å². The Hall–Kier alpha value is -3.44. The van der Waals surface area contributed by atoms with Crippen LogP contribution in [0.4, 0.5) is 5.69 Å². The Morgan fingerprint density at radius 2 is 1.61 bits per heavy atom. The standard InChI is InChI=1S/C25H21ClN2O3/c1-17-11-13-18(14-12-17)24(30)27(16-19-7-5-6-10-21(19)26)22-15-23(29)28(25(22)31)20-8-3-2-4-9-20/h2-14,22H,15-16H2,1H3. The fourth-order valence-electron chi connectivity index (χ4n) is 3.70. The fourth-order valence-corrected chi connectivity index (χ4v) is 3.90. The molecular weight excluding hydrogens is 412 g/mol. The zero-order valence-electron chi connectivity index (χ0n) is 17.0. The molecule has 156 valence electrons. The van der Waals surface area contributed by atoms with E-state index in [2.05, 4.69) is 0 Å². The maximum absolute atomic E-state index is 13.5. The average molecular weight is 433 g/mol. The number of nitrogens with zero attached hydrogens (tertiary/aromatic N) is 2. The zero-order valence-corrected chi connectivity index (χ0v) is 17.8. The number of hydrogen-bond donors (Lipinski definition) is 0. The average Bonchev–Trinajstić information content (AvgIpc) is 3.07. The molecule has 1 heterocycles. The summed E-state index contributed by atoms with van der Waals surface area (Å²) in [6, 6.07) is 22.2. The summed E-state index contributed by atoms with van der Waals surface area (Å²) in [5.41, 5.74) is 2.69. The Kier molecular flexibility index (Phi) is 5.87. The minimum atomic E-state index is -0.905. The van der Waals surface area contributed by atoms with Gasteiger partial charge in [0, 0.05) is 17.1 Å². The summed E-state index contributed by atoms with van der Waals surface area (Å²) in [6.07, 6.45) is -0.0736. The van der Waals surface area contributed by atoms with Crippen LogP contribution in [0.2, 0.25) is 5.02 Å². The molecule has 1 unspecified atom stereocenters. The minimum Gasteiger partial charge on any atom is -0.322 e. The predicted molar refractivity (Wildman–Crippen MR) is 120 cm³/mol. The molecule has 3 aromatic carbocycles. The van der Waals surface area contributed by atoms with Gasteiger partial charge < -0.3 is 4.90 Å². The molecule has 1 aliphatic rings. The molecule has 6 heteroatoms. The largest absolute Gasteiger partial charge is 0.322 e. The number of aryl methyl sites for hydroxylation is 1. The number of hydrogen-bond acceptors (Lipinski definition) is 3. The van der Waals surface area contributed by atoms with Gasteiger partial charge >= 0.3 is 0 Å². The molecule has 1 saturated heterocycles. The van der Waals surface area contributed by atoms with Crippen molar-refractivity contribution in [2.45, 2.75) is 25.9 Å². The molecule has 1 aliphatic heterocycles. The summed E-state index contributed by atoms with van der Waals surface area (Å²) in [5.74, 6) is -1.06. The fraction of sp³-hybridized carbons (Fsp3) is 0.160. The molecule has 0 spiro atoms. The van der Waals surface area contributed by atoms with E-state index in [1.807, 2.05) is 37.3 Å². The topological polar surface area (TPSA) is 57.7 Å². The van der Waals surface area contributed by atoms with Crippen molar-refractivity contribution in [2.24, 2.45) is 0 Å². The van der Waals surface area contributed by atoms with Gasteiger partial charge in [-0.1, -0.05) is 65.7 Å². The maximum atomic E-state index is 13.5. The predicted octanol–water partition coefficient (Wildman–Crippen LogP) is 4.62. The Morgan fingerprint density at radius 1 is 0.968 bits per heavy atom. The van der Waals surface area contributed by atoms with Gasteiger partial charge in [0.15, 0.2) is 0 Å². The van der Waals surface area contributed by atoms with Crippen molar-refractivity contribution in [3.05, 3.63) is 101 Å². The Labute approximate surface area is 185 Å². The van der Waals surface area contributed by atoms with Crippen LogP contribution in [0, 0.1) is 6.92 Å². The van der Waals surface area contributed by atoms with Gasteiger partial charge in [-0.3, -0.25) is 14.4 Å². The Balaban J connectivity index is 1.71. The molecule has 3 amide bonds. The smallest absolute Gasteiger partial charge is 0.257 e. The number of anilines is 1. The summed E-state index contributed by atoms with van der Waals surface area (Å²) in [6.45, 7) is 2.06. The second-order valence-electron chi connectivity index (χ2n) is 7.51. The van der Waals surface area contributed by atoms with Gasteiger partial charge in [-0.2, -0.15) is 0 Å². The van der Waals surface area contributed by atoms with Crippen molar-refractivity contribution in [3.8, 4) is 0 Å². The molecule has 4 rings (SSSR count). The lowest BCUT2D eigenvalue weighted by Crippen LogP contribution is -2.45. The summed E-state index contributed by atoms with van der Waals surface area (Å²) in [5, 5.41) is 0.501. The molecule has 0 bridgehead atoms.